The van der Waals surface area contributed by atoms with Crippen LogP contribution in [0, 0.1) is 6.92 Å². The molecule has 0 aliphatic rings. The Morgan fingerprint density at radius 1 is 1.35 bits per heavy atom. The quantitative estimate of drug-likeness (QED) is 0.552. The van der Waals surface area contributed by atoms with Crippen LogP contribution < -0.4 is 11.3 Å². The normalized spacial score (nSPS) is 10.9. The number of hydrogen-bond acceptors (Lipinski definition) is 5. The Morgan fingerprint density at radius 2 is 2.12 bits per heavy atom. The van der Waals surface area contributed by atoms with Crippen LogP contribution in [0.4, 0.5) is 5.82 Å². The van der Waals surface area contributed by atoms with Crippen molar-refractivity contribution >= 4 is 5.82 Å². The number of anilines is 1. The summed E-state index contributed by atoms with van der Waals surface area (Å²) in [5, 5.41) is 0. The Morgan fingerprint density at radius 3 is 2.65 bits per heavy atom. The molecule has 0 bridgehead atoms. The lowest BCUT2D eigenvalue weighted by Crippen LogP contribution is -2.14. The van der Waals surface area contributed by atoms with E-state index in [1.807, 2.05) is 6.92 Å². The molecule has 0 atom stereocenters. The lowest BCUT2D eigenvalue weighted by atomic mass is 10.0. The van der Waals surface area contributed by atoms with Gasteiger partial charge in [-0.05, 0) is 12.8 Å². The summed E-state index contributed by atoms with van der Waals surface area (Å²) < 4.78 is 0. The summed E-state index contributed by atoms with van der Waals surface area (Å²) in [4.78, 5) is 15.9. The molecule has 0 saturated heterocycles. The predicted octanol–water partition coefficient (Wildman–Crippen LogP) is 1.58. The van der Waals surface area contributed by atoms with Gasteiger partial charge in [-0.25, -0.2) is 20.8 Å². The van der Waals surface area contributed by atoms with Crippen LogP contribution in [0.1, 0.15) is 31.0 Å². The van der Waals surface area contributed by atoms with E-state index in [0.29, 0.717) is 23.4 Å². The van der Waals surface area contributed by atoms with Crippen molar-refractivity contribution in [1.29, 1.82) is 0 Å². The maximum Gasteiger partial charge on any atom is 0.197 e. The number of hydrogen-bond donors (Lipinski definition) is 3. The smallest absolute Gasteiger partial charge is 0.197 e. The van der Waals surface area contributed by atoms with Crippen LogP contribution in [0.5, 0.6) is 0 Å². The van der Waals surface area contributed by atoms with Gasteiger partial charge in [0.15, 0.2) is 11.6 Å². The molecular weight excluding hydrogens is 216 g/mol. The molecule has 6 heteroatoms. The van der Waals surface area contributed by atoms with E-state index in [0.717, 1.165) is 11.3 Å². The van der Waals surface area contributed by atoms with Crippen LogP contribution in [-0.4, -0.2) is 19.9 Å². The minimum absolute atomic E-state index is 0.312. The van der Waals surface area contributed by atoms with E-state index >= 15 is 0 Å². The number of hydrazine groups is 1. The van der Waals surface area contributed by atoms with Gasteiger partial charge in [-0.1, -0.05) is 13.8 Å². The third-order valence-corrected chi connectivity index (χ3v) is 2.56. The summed E-state index contributed by atoms with van der Waals surface area (Å²) >= 11 is 0. The van der Waals surface area contributed by atoms with Crippen molar-refractivity contribution in [3.05, 3.63) is 23.7 Å². The number of aromatic amines is 1. The van der Waals surface area contributed by atoms with Gasteiger partial charge in [0.05, 0.1) is 0 Å². The number of nitrogens with two attached hydrogens (primary N) is 1. The van der Waals surface area contributed by atoms with Gasteiger partial charge in [0.2, 0.25) is 0 Å². The minimum Gasteiger partial charge on any atom is -0.342 e. The van der Waals surface area contributed by atoms with Crippen molar-refractivity contribution in [3.63, 3.8) is 0 Å². The lowest BCUT2D eigenvalue weighted by molar-refractivity contribution is 0.830. The molecule has 4 N–H and O–H groups in total. The van der Waals surface area contributed by atoms with E-state index in [-0.39, 0.29) is 0 Å². The summed E-state index contributed by atoms with van der Waals surface area (Å²) in [5.74, 6) is 7.66. The van der Waals surface area contributed by atoms with Crippen molar-refractivity contribution < 1.29 is 0 Å². The Kier molecular flexibility index (Phi) is 3.06. The molecule has 0 spiro atoms. The lowest BCUT2D eigenvalue weighted by Gasteiger charge is -2.14. The first-order valence-corrected chi connectivity index (χ1v) is 5.48. The second-order valence-electron chi connectivity index (χ2n) is 4.13. The van der Waals surface area contributed by atoms with E-state index in [9.17, 15) is 0 Å². The van der Waals surface area contributed by atoms with Crippen LogP contribution in [0.3, 0.4) is 0 Å². The monoisotopic (exact) mass is 232 g/mol. The summed E-state index contributed by atoms with van der Waals surface area (Å²) in [6, 6.07) is 0. The third kappa shape index (κ3) is 2.12. The molecule has 2 rings (SSSR count). The number of rotatable bonds is 3. The molecule has 0 amide bonds. The van der Waals surface area contributed by atoms with Crippen LogP contribution in [0.25, 0.3) is 11.6 Å². The highest BCUT2D eigenvalue weighted by Gasteiger charge is 2.15. The number of aryl methyl sites for hydroxylation is 1. The summed E-state index contributed by atoms with van der Waals surface area (Å²) in [6.07, 6.45) is 3.40. The van der Waals surface area contributed by atoms with Gasteiger partial charge < -0.3 is 10.4 Å². The van der Waals surface area contributed by atoms with Gasteiger partial charge in [-0.2, -0.15) is 0 Å². The predicted molar refractivity (Wildman–Crippen MR) is 66.2 cm³/mol. The highest BCUT2D eigenvalue weighted by molar-refractivity contribution is 5.54. The van der Waals surface area contributed by atoms with E-state index < -0.39 is 0 Å². The molecule has 0 saturated carbocycles. The average Bonchev–Trinajstić information content (AvgIpc) is 2.80. The van der Waals surface area contributed by atoms with Crippen molar-refractivity contribution in [3.8, 4) is 11.6 Å². The number of nitrogen functional groups attached to an aromatic ring is 1. The zero-order chi connectivity index (χ0) is 12.4. The van der Waals surface area contributed by atoms with Crippen LogP contribution in [-0.2, 0) is 0 Å². The Bertz CT molecular complexity index is 503. The fourth-order valence-corrected chi connectivity index (χ4v) is 1.88. The number of imidazole rings is 1. The van der Waals surface area contributed by atoms with Gasteiger partial charge in [0.25, 0.3) is 0 Å². The first-order chi connectivity index (χ1) is 8.13. The molecule has 0 aliphatic carbocycles. The van der Waals surface area contributed by atoms with E-state index in [1.165, 1.54) is 0 Å². The molecule has 2 aromatic heterocycles. The number of H-pyrrole nitrogens is 1. The van der Waals surface area contributed by atoms with Gasteiger partial charge in [-0.15, -0.1) is 0 Å². The maximum atomic E-state index is 5.51. The van der Waals surface area contributed by atoms with E-state index in [1.54, 1.807) is 12.4 Å². The summed E-state index contributed by atoms with van der Waals surface area (Å²) in [7, 11) is 0. The van der Waals surface area contributed by atoms with Crippen LogP contribution in [0.2, 0.25) is 0 Å². The van der Waals surface area contributed by atoms with Crippen molar-refractivity contribution in [2.75, 3.05) is 5.43 Å². The first-order valence-electron chi connectivity index (χ1n) is 5.48. The fraction of sp³-hybridized carbons (Fsp3) is 0.364. The van der Waals surface area contributed by atoms with E-state index in [2.05, 4.69) is 39.2 Å². The topological polar surface area (TPSA) is 92.5 Å². The van der Waals surface area contributed by atoms with E-state index in [4.69, 9.17) is 5.84 Å². The molecule has 2 aromatic rings. The van der Waals surface area contributed by atoms with Gasteiger partial charge >= 0.3 is 0 Å². The minimum atomic E-state index is 0.312. The summed E-state index contributed by atoms with van der Waals surface area (Å²) in [6.45, 7) is 6.11. The molecule has 2 heterocycles. The zero-order valence-corrected chi connectivity index (χ0v) is 10.2. The zero-order valence-electron chi connectivity index (χ0n) is 10.2. The maximum absolute atomic E-state index is 5.51. The largest absolute Gasteiger partial charge is 0.342 e. The molecule has 90 valence electrons. The molecule has 17 heavy (non-hydrogen) atoms. The second kappa shape index (κ2) is 4.50. The standard InChI is InChI=1S/C11H16N6/c1-6(2)8-7(3)15-11(16-9(8)17-12)10-13-4-5-14-10/h4-6H,12H2,1-3H3,(H,13,14)(H,15,16,17). The summed E-state index contributed by atoms with van der Waals surface area (Å²) in [5.41, 5.74) is 4.57. The molecule has 6 nitrogen and oxygen atoms in total. The highest BCUT2D eigenvalue weighted by Crippen LogP contribution is 2.26. The number of aromatic nitrogens is 4. The van der Waals surface area contributed by atoms with Crippen molar-refractivity contribution in [2.24, 2.45) is 5.84 Å². The van der Waals surface area contributed by atoms with Gasteiger partial charge in [0.1, 0.15) is 5.82 Å². The fourth-order valence-electron chi connectivity index (χ4n) is 1.88. The average molecular weight is 232 g/mol. The molecule has 0 unspecified atom stereocenters. The number of nitrogens with one attached hydrogen (secondary N) is 2. The Labute approximate surface area is 99.7 Å². The molecular formula is C11H16N6. The third-order valence-electron chi connectivity index (χ3n) is 2.56. The van der Waals surface area contributed by atoms with Crippen LogP contribution >= 0.6 is 0 Å². The SMILES string of the molecule is Cc1nc(-c2ncc[nH]2)nc(NN)c1C(C)C. The number of nitrogens with zero attached hydrogens (tertiary/aromatic N) is 3. The first kappa shape index (κ1) is 11.5. The van der Waals surface area contributed by atoms with Crippen molar-refractivity contribution in [1.82, 2.24) is 19.9 Å². The molecule has 0 aromatic carbocycles. The van der Waals surface area contributed by atoms with Crippen LogP contribution in [0.15, 0.2) is 12.4 Å². The highest BCUT2D eigenvalue weighted by atomic mass is 15.3. The molecule has 0 radical (unpaired) electrons. The van der Waals surface area contributed by atoms with Crippen molar-refractivity contribution in [2.45, 2.75) is 26.7 Å². The Balaban J connectivity index is 2.56. The van der Waals surface area contributed by atoms with Gasteiger partial charge in [-0.3, -0.25) is 0 Å². The molecule has 0 fully saturated rings. The second-order valence-corrected chi connectivity index (χ2v) is 4.13. The Hall–Kier alpha value is -1.95. The van der Waals surface area contributed by atoms with Gasteiger partial charge in [0, 0.05) is 23.7 Å². The molecule has 0 aliphatic heterocycles.